The Bertz CT molecular complexity index is 446. The van der Waals surface area contributed by atoms with Gasteiger partial charge >= 0.3 is 0 Å². The van der Waals surface area contributed by atoms with E-state index in [9.17, 15) is 0 Å². The number of hydrogen-bond acceptors (Lipinski definition) is 6. The highest BCUT2D eigenvalue weighted by Crippen LogP contribution is 2.17. The fourth-order valence-electron chi connectivity index (χ4n) is 2.53. The molecule has 0 amide bonds. The van der Waals surface area contributed by atoms with E-state index in [-0.39, 0.29) is 0 Å². The first-order chi connectivity index (χ1) is 10.1. The lowest BCUT2D eigenvalue weighted by molar-refractivity contribution is 0.226. The van der Waals surface area contributed by atoms with E-state index in [2.05, 4.69) is 26.7 Å². The van der Waals surface area contributed by atoms with Gasteiger partial charge in [-0.1, -0.05) is 6.92 Å². The summed E-state index contributed by atoms with van der Waals surface area (Å²) in [4.78, 5) is 13.7. The largest absolute Gasteiger partial charge is 0.478 e. The summed E-state index contributed by atoms with van der Waals surface area (Å²) < 4.78 is 5.50. The maximum atomic E-state index is 5.70. The summed E-state index contributed by atoms with van der Waals surface area (Å²) in [5, 5.41) is 0. The second-order valence-electron chi connectivity index (χ2n) is 5.71. The third-order valence-corrected chi connectivity index (χ3v) is 3.74. The number of aryl methyl sites for hydroxylation is 1. The highest BCUT2D eigenvalue weighted by Gasteiger charge is 2.20. The monoisotopic (exact) mass is 293 g/mol. The van der Waals surface area contributed by atoms with Gasteiger partial charge < -0.3 is 15.4 Å². The van der Waals surface area contributed by atoms with Crippen molar-refractivity contribution in [3.05, 3.63) is 11.8 Å². The van der Waals surface area contributed by atoms with Crippen LogP contribution >= 0.6 is 0 Å². The Labute approximate surface area is 127 Å². The van der Waals surface area contributed by atoms with Gasteiger partial charge in [0.25, 0.3) is 0 Å². The number of aromatic nitrogens is 2. The molecule has 1 aliphatic heterocycles. The number of ether oxygens (including phenoxy) is 1. The van der Waals surface area contributed by atoms with Crippen molar-refractivity contribution in [1.82, 2.24) is 14.9 Å². The zero-order valence-corrected chi connectivity index (χ0v) is 13.4. The molecule has 6 heteroatoms. The lowest BCUT2D eigenvalue weighted by Crippen LogP contribution is -2.48. The molecule has 0 bridgehead atoms. The summed E-state index contributed by atoms with van der Waals surface area (Å²) in [6.07, 6.45) is 0. The molecule has 118 valence electrons. The first-order valence-electron chi connectivity index (χ1n) is 7.78. The lowest BCUT2D eigenvalue weighted by atomic mass is 10.1. The second-order valence-corrected chi connectivity index (χ2v) is 5.71. The number of nitrogens with two attached hydrogens (primary N) is 1. The molecule has 1 aliphatic rings. The Kier molecular flexibility index (Phi) is 5.76. The molecular formula is C15H27N5O. The van der Waals surface area contributed by atoms with E-state index in [4.69, 9.17) is 10.5 Å². The predicted molar refractivity (Wildman–Crippen MR) is 84.8 cm³/mol. The summed E-state index contributed by atoms with van der Waals surface area (Å²) in [6.45, 7) is 12.6. The fraction of sp³-hybridized carbons (Fsp3) is 0.733. The standard InChI is InChI=1S/C15H27N5O/c1-4-21-14-9-13(3)17-15(18-14)20-7-5-19(6-8-20)11-12(2)10-16/h9,12H,4-8,10-11,16H2,1-3H3. The molecular weight excluding hydrogens is 266 g/mol. The minimum atomic E-state index is 0.552. The summed E-state index contributed by atoms with van der Waals surface area (Å²) in [6, 6.07) is 1.88. The van der Waals surface area contributed by atoms with Gasteiger partial charge in [-0.3, -0.25) is 4.90 Å². The van der Waals surface area contributed by atoms with Crippen molar-refractivity contribution in [2.75, 3.05) is 50.8 Å². The molecule has 1 aromatic heterocycles. The van der Waals surface area contributed by atoms with E-state index in [1.54, 1.807) is 0 Å². The molecule has 2 heterocycles. The van der Waals surface area contributed by atoms with Gasteiger partial charge in [0.15, 0.2) is 0 Å². The number of hydrogen-bond donors (Lipinski definition) is 1. The van der Waals surface area contributed by atoms with Gasteiger partial charge in [-0.15, -0.1) is 0 Å². The maximum Gasteiger partial charge on any atom is 0.228 e. The summed E-state index contributed by atoms with van der Waals surface area (Å²) in [7, 11) is 0. The Morgan fingerprint density at radius 1 is 1.29 bits per heavy atom. The number of nitrogens with zero attached hydrogens (tertiary/aromatic N) is 4. The Morgan fingerprint density at radius 3 is 2.62 bits per heavy atom. The number of piperazine rings is 1. The van der Waals surface area contributed by atoms with Gasteiger partial charge in [-0.2, -0.15) is 4.98 Å². The van der Waals surface area contributed by atoms with E-state index in [1.807, 2.05) is 19.9 Å². The molecule has 0 aromatic carbocycles. The molecule has 21 heavy (non-hydrogen) atoms. The molecule has 0 radical (unpaired) electrons. The van der Waals surface area contributed by atoms with Crippen LogP contribution in [0.2, 0.25) is 0 Å². The third-order valence-electron chi connectivity index (χ3n) is 3.74. The lowest BCUT2D eigenvalue weighted by Gasteiger charge is -2.35. The summed E-state index contributed by atoms with van der Waals surface area (Å²) in [5.74, 6) is 2.00. The molecule has 1 aromatic rings. The molecule has 0 saturated carbocycles. The minimum Gasteiger partial charge on any atom is -0.478 e. The third kappa shape index (κ3) is 4.54. The van der Waals surface area contributed by atoms with E-state index < -0.39 is 0 Å². The van der Waals surface area contributed by atoms with Crippen LogP contribution in [0.1, 0.15) is 19.5 Å². The highest BCUT2D eigenvalue weighted by atomic mass is 16.5. The predicted octanol–water partition coefficient (Wildman–Crippen LogP) is 0.901. The molecule has 6 nitrogen and oxygen atoms in total. The zero-order valence-electron chi connectivity index (χ0n) is 13.4. The van der Waals surface area contributed by atoms with Crippen molar-refractivity contribution < 1.29 is 4.74 Å². The Balaban J connectivity index is 1.95. The highest BCUT2D eigenvalue weighted by molar-refractivity contribution is 5.35. The molecule has 1 fully saturated rings. The molecule has 2 N–H and O–H groups in total. The van der Waals surface area contributed by atoms with Crippen molar-refractivity contribution in [2.24, 2.45) is 11.7 Å². The van der Waals surface area contributed by atoms with Crippen LogP contribution in [0.15, 0.2) is 6.07 Å². The summed E-state index contributed by atoms with van der Waals surface area (Å²) in [5.41, 5.74) is 6.65. The maximum absolute atomic E-state index is 5.70. The normalized spacial score (nSPS) is 17.8. The molecule has 0 aliphatic carbocycles. The molecule has 2 rings (SSSR count). The van der Waals surface area contributed by atoms with Crippen LogP contribution in [0.4, 0.5) is 5.95 Å². The van der Waals surface area contributed by atoms with E-state index in [1.165, 1.54) is 0 Å². The van der Waals surface area contributed by atoms with Crippen molar-refractivity contribution in [3.63, 3.8) is 0 Å². The number of rotatable bonds is 6. The van der Waals surface area contributed by atoms with Crippen LogP contribution in [0, 0.1) is 12.8 Å². The quantitative estimate of drug-likeness (QED) is 0.840. The first-order valence-corrected chi connectivity index (χ1v) is 7.78. The van der Waals surface area contributed by atoms with Crippen molar-refractivity contribution in [1.29, 1.82) is 0 Å². The average molecular weight is 293 g/mol. The molecule has 0 spiro atoms. The smallest absolute Gasteiger partial charge is 0.228 e. The minimum absolute atomic E-state index is 0.552. The van der Waals surface area contributed by atoms with Crippen LogP contribution in [-0.2, 0) is 0 Å². The van der Waals surface area contributed by atoms with Gasteiger partial charge in [-0.05, 0) is 26.3 Å². The molecule has 1 atom stereocenters. The van der Waals surface area contributed by atoms with Crippen LogP contribution in [-0.4, -0.2) is 60.7 Å². The van der Waals surface area contributed by atoms with Gasteiger partial charge in [-0.25, -0.2) is 4.98 Å². The van der Waals surface area contributed by atoms with E-state index >= 15 is 0 Å². The first kappa shape index (κ1) is 16.0. The zero-order chi connectivity index (χ0) is 15.2. The van der Waals surface area contributed by atoms with Crippen LogP contribution in [0.25, 0.3) is 0 Å². The average Bonchev–Trinajstić information content (AvgIpc) is 2.47. The van der Waals surface area contributed by atoms with Gasteiger partial charge in [0.2, 0.25) is 11.8 Å². The van der Waals surface area contributed by atoms with Crippen LogP contribution < -0.4 is 15.4 Å². The van der Waals surface area contributed by atoms with E-state index in [0.717, 1.165) is 50.9 Å². The Morgan fingerprint density at radius 2 is 2.00 bits per heavy atom. The van der Waals surface area contributed by atoms with E-state index in [0.29, 0.717) is 18.4 Å². The van der Waals surface area contributed by atoms with Crippen molar-refractivity contribution in [3.8, 4) is 5.88 Å². The van der Waals surface area contributed by atoms with Crippen molar-refractivity contribution >= 4 is 5.95 Å². The van der Waals surface area contributed by atoms with Crippen LogP contribution in [0.5, 0.6) is 5.88 Å². The van der Waals surface area contributed by atoms with Gasteiger partial charge in [0.1, 0.15) is 0 Å². The Hall–Kier alpha value is -1.40. The summed E-state index contributed by atoms with van der Waals surface area (Å²) >= 11 is 0. The molecule has 1 saturated heterocycles. The SMILES string of the molecule is CCOc1cc(C)nc(N2CCN(CC(C)CN)CC2)n1. The molecule has 1 unspecified atom stereocenters. The van der Waals surface area contributed by atoms with Crippen LogP contribution in [0.3, 0.4) is 0 Å². The topological polar surface area (TPSA) is 67.5 Å². The van der Waals surface area contributed by atoms with Gasteiger partial charge in [0, 0.05) is 44.5 Å². The number of anilines is 1. The fourth-order valence-corrected chi connectivity index (χ4v) is 2.53. The van der Waals surface area contributed by atoms with Gasteiger partial charge in [0.05, 0.1) is 6.61 Å². The van der Waals surface area contributed by atoms with Crippen molar-refractivity contribution in [2.45, 2.75) is 20.8 Å². The second kappa shape index (κ2) is 7.56.